The number of amides is 2. The van der Waals surface area contributed by atoms with Crippen molar-refractivity contribution in [2.75, 3.05) is 20.6 Å². The van der Waals surface area contributed by atoms with Crippen LogP contribution in [-0.4, -0.2) is 37.4 Å². The molecule has 7 heteroatoms. The first-order chi connectivity index (χ1) is 10.1. The van der Waals surface area contributed by atoms with E-state index < -0.39 is 17.7 Å². The Morgan fingerprint density at radius 3 is 2.18 bits per heavy atom. The third kappa shape index (κ3) is 5.38. The molecule has 1 aromatic carbocycles. The van der Waals surface area contributed by atoms with Gasteiger partial charge in [-0.15, -0.1) is 0 Å². The number of rotatable bonds is 5. The number of halogens is 3. The lowest BCUT2D eigenvalue weighted by atomic mass is 9.99. The largest absolute Gasteiger partial charge is 0.416 e. The van der Waals surface area contributed by atoms with Crippen LogP contribution in [0.15, 0.2) is 24.3 Å². The van der Waals surface area contributed by atoms with E-state index in [1.807, 2.05) is 0 Å². The van der Waals surface area contributed by atoms with Gasteiger partial charge < -0.3 is 10.2 Å². The molecule has 0 aliphatic heterocycles. The standard InChI is InChI=1S/C15H19F3N2O2/c1-10(14(22)19-9-13(21)20(2)3)8-11-4-6-12(7-5-11)15(16,17)18/h4-7,10H,8-9H2,1-3H3,(H,19,22)/t10-/m1/s1. The predicted molar refractivity (Wildman–Crippen MR) is 76.0 cm³/mol. The van der Waals surface area contributed by atoms with Gasteiger partial charge in [0, 0.05) is 20.0 Å². The number of carbonyl (C=O) groups excluding carboxylic acids is 2. The monoisotopic (exact) mass is 316 g/mol. The maximum Gasteiger partial charge on any atom is 0.416 e. The molecule has 22 heavy (non-hydrogen) atoms. The van der Waals surface area contributed by atoms with Gasteiger partial charge in [0.2, 0.25) is 11.8 Å². The normalized spacial score (nSPS) is 12.6. The molecule has 0 unspecified atom stereocenters. The van der Waals surface area contributed by atoms with Gasteiger partial charge in [0.25, 0.3) is 0 Å². The fraction of sp³-hybridized carbons (Fsp3) is 0.467. The van der Waals surface area contributed by atoms with Crippen molar-refractivity contribution in [2.24, 2.45) is 5.92 Å². The van der Waals surface area contributed by atoms with Gasteiger partial charge >= 0.3 is 6.18 Å². The number of likely N-dealkylation sites (N-methyl/N-ethyl adjacent to an activating group) is 1. The maximum atomic E-state index is 12.5. The van der Waals surface area contributed by atoms with E-state index in [0.29, 0.717) is 12.0 Å². The van der Waals surface area contributed by atoms with E-state index in [-0.39, 0.29) is 18.4 Å². The van der Waals surface area contributed by atoms with Gasteiger partial charge in [-0.3, -0.25) is 9.59 Å². The van der Waals surface area contributed by atoms with E-state index in [2.05, 4.69) is 5.32 Å². The zero-order valence-electron chi connectivity index (χ0n) is 12.7. The summed E-state index contributed by atoms with van der Waals surface area (Å²) < 4.78 is 37.4. The summed E-state index contributed by atoms with van der Waals surface area (Å²) in [5.41, 5.74) is -0.0838. The lowest BCUT2D eigenvalue weighted by Crippen LogP contribution is -2.38. The van der Waals surface area contributed by atoms with Crippen LogP contribution < -0.4 is 5.32 Å². The maximum absolute atomic E-state index is 12.5. The zero-order valence-corrected chi connectivity index (χ0v) is 12.7. The molecule has 0 aliphatic carbocycles. The van der Waals surface area contributed by atoms with Gasteiger partial charge in [0.05, 0.1) is 12.1 Å². The van der Waals surface area contributed by atoms with E-state index in [1.165, 1.54) is 17.0 Å². The van der Waals surface area contributed by atoms with Crippen LogP contribution >= 0.6 is 0 Å². The minimum atomic E-state index is -4.37. The number of alkyl halides is 3. The second kappa shape index (κ2) is 7.29. The van der Waals surface area contributed by atoms with E-state index in [0.717, 1.165) is 12.1 Å². The number of hydrogen-bond acceptors (Lipinski definition) is 2. The SMILES string of the molecule is C[C@H](Cc1ccc(C(F)(F)F)cc1)C(=O)NCC(=O)N(C)C. The third-order valence-electron chi connectivity index (χ3n) is 3.18. The Labute approximate surface area is 127 Å². The molecule has 4 nitrogen and oxygen atoms in total. The molecule has 0 bridgehead atoms. The lowest BCUT2D eigenvalue weighted by molar-refractivity contribution is -0.137. The molecule has 0 radical (unpaired) electrons. The first-order valence-electron chi connectivity index (χ1n) is 6.75. The molecule has 122 valence electrons. The average Bonchev–Trinajstić information content (AvgIpc) is 2.43. The van der Waals surface area contributed by atoms with Crippen molar-refractivity contribution >= 4 is 11.8 Å². The predicted octanol–water partition coefficient (Wildman–Crippen LogP) is 2.09. The van der Waals surface area contributed by atoms with Crippen LogP contribution in [0.3, 0.4) is 0 Å². The number of nitrogens with zero attached hydrogens (tertiary/aromatic N) is 1. The van der Waals surface area contributed by atoms with Crippen molar-refractivity contribution in [3.8, 4) is 0 Å². The molecule has 0 saturated carbocycles. The van der Waals surface area contributed by atoms with Crippen molar-refractivity contribution in [2.45, 2.75) is 19.5 Å². The molecule has 0 spiro atoms. The molecule has 0 aliphatic rings. The molecule has 1 atom stereocenters. The topological polar surface area (TPSA) is 49.4 Å². The molecule has 0 saturated heterocycles. The first kappa shape index (κ1) is 18.0. The number of carbonyl (C=O) groups is 2. The summed E-state index contributed by atoms with van der Waals surface area (Å²) in [6.07, 6.45) is -4.06. The second-order valence-corrected chi connectivity index (χ2v) is 5.31. The second-order valence-electron chi connectivity index (χ2n) is 5.31. The van der Waals surface area contributed by atoms with E-state index in [9.17, 15) is 22.8 Å². The van der Waals surface area contributed by atoms with Crippen molar-refractivity contribution < 1.29 is 22.8 Å². The Morgan fingerprint density at radius 1 is 1.18 bits per heavy atom. The Kier molecular flexibility index (Phi) is 5.96. The minimum Gasteiger partial charge on any atom is -0.347 e. The summed E-state index contributed by atoms with van der Waals surface area (Å²) in [7, 11) is 3.17. The van der Waals surface area contributed by atoms with Crippen molar-refractivity contribution in [1.82, 2.24) is 10.2 Å². The van der Waals surface area contributed by atoms with Crippen LogP contribution in [-0.2, 0) is 22.2 Å². The van der Waals surface area contributed by atoms with Gasteiger partial charge in [-0.2, -0.15) is 13.2 Å². The lowest BCUT2D eigenvalue weighted by Gasteiger charge is -2.15. The Morgan fingerprint density at radius 2 is 1.73 bits per heavy atom. The quantitative estimate of drug-likeness (QED) is 0.904. The van der Waals surface area contributed by atoms with Crippen LogP contribution in [0.25, 0.3) is 0 Å². The van der Waals surface area contributed by atoms with Gasteiger partial charge in [0.15, 0.2) is 0 Å². The smallest absolute Gasteiger partial charge is 0.347 e. The third-order valence-corrected chi connectivity index (χ3v) is 3.18. The minimum absolute atomic E-state index is 0.0941. The molecular formula is C15H19F3N2O2. The molecule has 0 heterocycles. The van der Waals surface area contributed by atoms with E-state index in [4.69, 9.17) is 0 Å². The van der Waals surface area contributed by atoms with Gasteiger partial charge in [0.1, 0.15) is 0 Å². The summed E-state index contributed by atoms with van der Waals surface area (Å²) in [5, 5.41) is 2.51. The van der Waals surface area contributed by atoms with Crippen LogP contribution in [0.1, 0.15) is 18.1 Å². The molecule has 0 fully saturated rings. The summed E-state index contributed by atoms with van der Waals surface area (Å²) in [6, 6.07) is 4.71. The summed E-state index contributed by atoms with van der Waals surface area (Å²) in [4.78, 5) is 24.6. The molecule has 1 rings (SSSR count). The Balaban J connectivity index is 2.55. The van der Waals surface area contributed by atoms with Gasteiger partial charge in [-0.1, -0.05) is 19.1 Å². The fourth-order valence-electron chi connectivity index (χ4n) is 1.77. The molecule has 1 N–H and O–H groups in total. The van der Waals surface area contributed by atoms with Crippen LogP contribution in [0.5, 0.6) is 0 Å². The van der Waals surface area contributed by atoms with E-state index >= 15 is 0 Å². The highest BCUT2D eigenvalue weighted by molar-refractivity contribution is 5.85. The highest BCUT2D eigenvalue weighted by Crippen LogP contribution is 2.29. The fourth-order valence-corrected chi connectivity index (χ4v) is 1.77. The van der Waals surface area contributed by atoms with Crippen molar-refractivity contribution in [1.29, 1.82) is 0 Å². The Bertz CT molecular complexity index is 525. The van der Waals surface area contributed by atoms with E-state index in [1.54, 1.807) is 21.0 Å². The number of nitrogens with one attached hydrogen (secondary N) is 1. The summed E-state index contributed by atoms with van der Waals surface area (Å²) >= 11 is 0. The van der Waals surface area contributed by atoms with Crippen LogP contribution in [0.4, 0.5) is 13.2 Å². The summed E-state index contributed by atoms with van der Waals surface area (Å²) in [5.74, 6) is -0.975. The molecule has 2 amide bonds. The van der Waals surface area contributed by atoms with Crippen LogP contribution in [0, 0.1) is 5.92 Å². The highest BCUT2D eigenvalue weighted by Gasteiger charge is 2.30. The van der Waals surface area contributed by atoms with Gasteiger partial charge in [-0.05, 0) is 24.1 Å². The van der Waals surface area contributed by atoms with Crippen LogP contribution in [0.2, 0.25) is 0 Å². The Hall–Kier alpha value is -2.05. The zero-order chi connectivity index (χ0) is 16.9. The molecule has 0 aromatic heterocycles. The molecular weight excluding hydrogens is 297 g/mol. The summed E-state index contributed by atoms with van der Waals surface area (Å²) in [6.45, 7) is 1.57. The number of hydrogen-bond donors (Lipinski definition) is 1. The number of benzene rings is 1. The van der Waals surface area contributed by atoms with Crippen molar-refractivity contribution in [3.05, 3.63) is 35.4 Å². The van der Waals surface area contributed by atoms with Gasteiger partial charge in [-0.25, -0.2) is 0 Å². The first-order valence-corrected chi connectivity index (χ1v) is 6.75. The highest BCUT2D eigenvalue weighted by atomic mass is 19.4. The average molecular weight is 316 g/mol. The molecule has 1 aromatic rings. The van der Waals surface area contributed by atoms with Crippen molar-refractivity contribution in [3.63, 3.8) is 0 Å².